The highest BCUT2D eigenvalue weighted by Gasteiger charge is 2.13. The van der Waals surface area contributed by atoms with Crippen molar-refractivity contribution in [2.75, 3.05) is 18.2 Å². The summed E-state index contributed by atoms with van der Waals surface area (Å²) in [5.74, 6) is 0.243. The van der Waals surface area contributed by atoms with Crippen molar-refractivity contribution in [3.8, 4) is 5.75 Å². The molecule has 0 saturated heterocycles. The number of aryl methyl sites for hydroxylation is 2. The van der Waals surface area contributed by atoms with Gasteiger partial charge < -0.3 is 15.8 Å². The third kappa shape index (κ3) is 3.36. The van der Waals surface area contributed by atoms with Crippen LogP contribution < -0.4 is 15.8 Å². The lowest BCUT2D eigenvalue weighted by atomic mass is 10.1. The van der Waals surface area contributed by atoms with Gasteiger partial charge in [0, 0.05) is 15.8 Å². The molecule has 0 radical (unpaired) electrons. The van der Waals surface area contributed by atoms with E-state index in [0.717, 1.165) is 21.3 Å². The van der Waals surface area contributed by atoms with Crippen molar-refractivity contribution in [3.63, 3.8) is 0 Å². The third-order valence-electron chi connectivity index (χ3n) is 3.16. The number of carbonyl (C=O) groups is 1. The van der Waals surface area contributed by atoms with Crippen LogP contribution in [0.2, 0.25) is 0 Å². The molecule has 2 aromatic carbocycles. The van der Waals surface area contributed by atoms with Crippen LogP contribution in [0.3, 0.4) is 0 Å². The number of nitrogens with two attached hydrogens (primary N) is 1. The third-order valence-corrected chi connectivity index (χ3v) is 4.41. The summed E-state index contributed by atoms with van der Waals surface area (Å²) in [7, 11) is 1.52. The second-order valence-electron chi connectivity index (χ2n) is 4.84. The maximum atomic E-state index is 12.4. The van der Waals surface area contributed by atoms with Gasteiger partial charge in [-0.25, -0.2) is 0 Å². The maximum absolute atomic E-state index is 12.4. The van der Waals surface area contributed by atoms with Crippen LogP contribution in [0.25, 0.3) is 0 Å². The van der Waals surface area contributed by atoms with Gasteiger partial charge in [0.25, 0.3) is 5.91 Å². The number of benzene rings is 2. The van der Waals surface area contributed by atoms with Crippen molar-refractivity contribution in [3.05, 3.63) is 51.5 Å². The van der Waals surface area contributed by atoms with E-state index in [1.165, 1.54) is 7.11 Å². The molecule has 0 unspecified atom stereocenters. The molecule has 4 nitrogen and oxygen atoms in total. The number of hydrogen-bond donors (Lipinski definition) is 2. The zero-order chi connectivity index (χ0) is 15.6. The number of rotatable bonds is 3. The Morgan fingerprint density at radius 1 is 1.19 bits per heavy atom. The highest BCUT2D eigenvalue weighted by atomic mass is 79.9. The van der Waals surface area contributed by atoms with E-state index in [4.69, 9.17) is 10.5 Å². The molecular weight excluding hydrogens is 332 g/mol. The predicted molar refractivity (Wildman–Crippen MR) is 89.0 cm³/mol. The number of nitrogens with one attached hydrogen (secondary N) is 1. The maximum Gasteiger partial charge on any atom is 0.259 e. The molecule has 110 valence electrons. The fraction of sp³-hybridized carbons (Fsp3) is 0.188. The van der Waals surface area contributed by atoms with Crippen molar-refractivity contribution in [1.82, 2.24) is 0 Å². The van der Waals surface area contributed by atoms with E-state index in [1.807, 2.05) is 26.0 Å². The Bertz CT molecular complexity index is 676. The second kappa shape index (κ2) is 6.18. The summed E-state index contributed by atoms with van der Waals surface area (Å²) in [6.07, 6.45) is 0. The molecule has 21 heavy (non-hydrogen) atoms. The molecule has 0 heterocycles. The molecule has 0 fully saturated rings. The molecule has 0 spiro atoms. The molecule has 0 aliphatic carbocycles. The van der Waals surface area contributed by atoms with E-state index in [-0.39, 0.29) is 5.91 Å². The van der Waals surface area contributed by atoms with Gasteiger partial charge in [0.05, 0.1) is 12.7 Å². The van der Waals surface area contributed by atoms with Gasteiger partial charge in [-0.2, -0.15) is 0 Å². The molecule has 0 bridgehead atoms. The zero-order valence-corrected chi connectivity index (χ0v) is 13.7. The topological polar surface area (TPSA) is 64.3 Å². The van der Waals surface area contributed by atoms with Gasteiger partial charge >= 0.3 is 0 Å². The van der Waals surface area contributed by atoms with E-state index < -0.39 is 0 Å². The van der Waals surface area contributed by atoms with Crippen LogP contribution in [-0.2, 0) is 0 Å². The average Bonchev–Trinajstić information content (AvgIpc) is 2.44. The van der Waals surface area contributed by atoms with Gasteiger partial charge in [-0.15, -0.1) is 0 Å². The first kappa shape index (κ1) is 15.4. The highest BCUT2D eigenvalue weighted by Crippen LogP contribution is 2.27. The van der Waals surface area contributed by atoms with E-state index in [0.29, 0.717) is 17.0 Å². The average molecular weight is 349 g/mol. The minimum absolute atomic E-state index is 0.250. The molecule has 2 rings (SSSR count). The predicted octanol–water partition coefficient (Wildman–Crippen LogP) is 3.91. The Morgan fingerprint density at radius 3 is 2.38 bits per heavy atom. The molecule has 0 aliphatic heterocycles. The van der Waals surface area contributed by atoms with Crippen LogP contribution in [0, 0.1) is 13.8 Å². The van der Waals surface area contributed by atoms with Crippen molar-refractivity contribution in [1.29, 1.82) is 0 Å². The van der Waals surface area contributed by atoms with Crippen molar-refractivity contribution < 1.29 is 9.53 Å². The molecule has 1 amide bonds. The molecule has 0 saturated carbocycles. The van der Waals surface area contributed by atoms with Crippen LogP contribution in [0.1, 0.15) is 21.5 Å². The molecule has 0 atom stereocenters. The standard InChI is InChI=1S/C16H17BrN2O2/c1-9-6-12(7-10(2)15(9)17)19-16(20)13-8-11(18)4-5-14(13)21-3/h4-8H,18H2,1-3H3,(H,19,20). The van der Waals surface area contributed by atoms with Crippen LogP contribution in [0.15, 0.2) is 34.8 Å². The minimum atomic E-state index is -0.250. The summed E-state index contributed by atoms with van der Waals surface area (Å²) in [6, 6.07) is 8.81. The zero-order valence-electron chi connectivity index (χ0n) is 12.2. The number of anilines is 2. The quantitative estimate of drug-likeness (QED) is 0.826. The van der Waals surface area contributed by atoms with Gasteiger partial charge in [0.1, 0.15) is 5.75 Å². The van der Waals surface area contributed by atoms with Crippen molar-refractivity contribution >= 4 is 33.2 Å². The number of hydrogen-bond acceptors (Lipinski definition) is 3. The monoisotopic (exact) mass is 348 g/mol. The van der Waals surface area contributed by atoms with Gasteiger partial charge in [-0.3, -0.25) is 4.79 Å². The van der Waals surface area contributed by atoms with Crippen molar-refractivity contribution in [2.45, 2.75) is 13.8 Å². The first-order valence-electron chi connectivity index (χ1n) is 6.44. The van der Waals surface area contributed by atoms with E-state index >= 15 is 0 Å². The van der Waals surface area contributed by atoms with E-state index in [2.05, 4.69) is 21.2 Å². The van der Waals surface area contributed by atoms with Crippen molar-refractivity contribution in [2.24, 2.45) is 0 Å². The molecule has 0 aromatic heterocycles. The minimum Gasteiger partial charge on any atom is -0.496 e. The number of ether oxygens (including phenoxy) is 1. The Kier molecular flexibility index (Phi) is 4.53. The van der Waals surface area contributed by atoms with Gasteiger partial charge in [0.15, 0.2) is 0 Å². The lowest BCUT2D eigenvalue weighted by molar-refractivity contribution is 0.102. The highest BCUT2D eigenvalue weighted by molar-refractivity contribution is 9.10. The Morgan fingerprint density at radius 2 is 1.81 bits per heavy atom. The molecule has 5 heteroatoms. The van der Waals surface area contributed by atoms with Gasteiger partial charge in [-0.05, 0) is 55.3 Å². The normalized spacial score (nSPS) is 10.3. The summed E-state index contributed by atoms with van der Waals surface area (Å²) in [5.41, 5.74) is 9.53. The fourth-order valence-corrected chi connectivity index (χ4v) is 2.35. The van der Waals surface area contributed by atoms with E-state index in [9.17, 15) is 4.79 Å². The van der Waals surface area contributed by atoms with Crippen LogP contribution >= 0.6 is 15.9 Å². The molecule has 2 aromatic rings. The lowest BCUT2D eigenvalue weighted by Crippen LogP contribution is -2.14. The lowest BCUT2D eigenvalue weighted by Gasteiger charge is -2.12. The van der Waals surface area contributed by atoms with Crippen LogP contribution in [0.4, 0.5) is 11.4 Å². The number of halogens is 1. The molecule has 0 aliphatic rings. The number of nitrogen functional groups attached to an aromatic ring is 1. The Balaban J connectivity index is 2.32. The van der Waals surface area contributed by atoms with Crippen LogP contribution in [0.5, 0.6) is 5.75 Å². The Labute approximate surface area is 132 Å². The number of carbonyl (C=O) groups excluding carboxylic acids is 1. The SMILES string of the molecule is COc1ccc(N)cc1C(=O)Nc1cc(C)c(Br)c(C)c1. The van der Waals surface area contributed by atoms with Gasteiger partial charge in [-0.1, -0.05) is 15.9 Å². The summed E-state index contributed by atoms with van der Waals surface area (Å²) in [5, 5.41) is 2.87. The number of amides is 1. The van der Waals surface area contributed by atoms with Crippen LogP contribution in [-0.4, -0.2) is 13.0 Å². The number of methoxy groups -OCH3 is 1. The molecule has 3 N–H and O–H groups in total. The largest absolute Gasteiger partial charge is 0.496 e. The fourth-order valence-electron chi connectivity index (χ4n) is 2.12. The first-order valence-corrected chi connectivity index (χ1v) is 7.23. The smallest absolute Gasteiger partial charge is 0.259 e. The summed E-state index contributed by atoms with van der Waals surface area (Å²) >= 11 is 3.51. The van der Waals surface area contributed by atoms with E-state index in [1.54, 1.807) is 18.2 Å². The summed E-state index contributed by atoms with van der Waals surface area (Å²) in [6.45, 7) is 3.96. The second-order valence-corrected chi connectivity index (χ2v) is 5.63. The first-order chi connectivity index (χ1) is 9.92. The summed E-state index contributed by atoms with van der Waals surface area (Å²) < 4.78 is 6.25. The summed E-state index contributed by atoms with van der Waals surface area (Å²) in [4.78, 5) is 12.4. The van der Waals surface area contributed by atoms with Gasteiger partial charge in [0.2, 0.25) is 0 Å². The Hall–Kier alpha value is -2.01. The molecular formula is C16H17BrN2O2.